The summed E-state index contributed by atoms with van der Waals surface area (Å²) in [5, 5.41) is 0. The number of halogens is 3. The van der Waals surface area contributed by atoms with Crippen LogP contribution in [-0.2, 0) is 20.5 Å². The van der Waals surface area contributed by atoms with Crippen molar-refractivity contribution in [3.63, 3.8) is 0 Å². The summed E-state index contributed by atoms with van der Waals surface area (Å²) in [6.45, 7) is 0. The number of benzene rings is 1. The Morgan fingerprint density at radius 3 is 1.73 bits per heavy atom. The van der Waals surface area contributed by atoms with Gasteiger partial charge in [0.2, 0.25) is 0 Å². The molecule has 0 heterocycles. The van der Waals surface area contributed by atoms with Crippen LogP contribution in [0.1, 0.15) is 7.49 Å². The summed E-state index contributed by atoms with van der Waals surface area (Å²) in [6, 6.07) is 10.5. The fraction of sp³-hybridized carbons (Fsp3) is 0.143. The summed E-state index contributed by atoms with van der Waals surface area (Å²) in [6.07, 6.45) is 0. The predicted octanol–water partition coefficient (Wildman–Crippen LogP) is 4.44. The van der Waals surface area contributed by atoms with Gasteiger partial charge in [-0.25, -0.2) is 0 Å². The van der Waals surface area contributed by atoms with E-state index < -0.39 is 0 Å². The molecule has 0 N–H and O–H groups in total. The quantitative estimate of drug-likeness (QED) is 0.351. The molecule has 0 saturated carbocycles. The molecule has 0 aliphatic carbocycles. The Morgan fingerprint density at radius 1 is 1.00 bits per heavy atom. The van der Waals surface area contributed by atoms with Gasteiger partial charge in [-0.2, -0.15) is 0 Å². The van der Waals surface area contributed by atoms with Crippen LogP contribution in [0.15, 0.2) is 30.3 Å². The molecule has 11 heavy (non-hydrogen) atoms. The second kappa shape index (κ2) is 8.87. The summed E-state index contributed by atoms with van der Waals surface area (Å²) in [7, 11) is 0. The summed E-state index contributed by atoms with van der Waals surface area (Å²) >= 11 is 8.55. The van der Waals surface area contributed by atoms with Crippen LogP contribution in [0.2, 0.25) is 0 Å². The molecule has 1 rings (SSSR count). The molecule has 4 heteroatoms. The minimum absolute atomic E-state index is 0.599. The zero-order valence-electron chi connectivity index (χ0n) is 5.60. The zero-order valence-corrected chi connectivity index (χ0v) is 14.5. The van der Waals surface area contributed by atoms with Gasteiger partial charge in [0.15, 0.2) is 0 Å². The maximum absolute atomic E-state index is 2.39. The zero-order chi connectivity index (χ0) is 8.69. The third-order valence-corrected chi connectivity index (χ3v) is 2.49. The molecular formula is C7H6I3Zr. The molecule has 0 aliphatic rings. The van der Waals surface area contributed by atoms with Gasteiger partial charge in [-0.05, 0) is 5.56 Å². The van der Waals surface area contributed by atoms with E-state index in [1.54, 1.807) is 0 Å². The van der Waals surface area contributed by atoms with Crippen molar-refractivity contribution in [2.75, 3.05) is 0 Å². The van der Waals surface area contributed by atoms with E-state index in [2.05, 4.69) is 87.5 Å². The number of hydrogen-bond acceptors (Lipinski definition) is 0. The Labute approximate surface area is 119 Å². The first-order valence-electron chi connectivity index (χ1n) is 2.82. The molecule has 0 aromatic heterocycles. The van der Waals surface area contributed by atoms with E-state index in [0.717, 1.165) is 0 Å². The summed E-state index contributed by atoms with van der Waals surface area (Å²) in [5.41, 5.74) is 1.39. The van der Waals surface area contributed by atoms with Crippen molar-refractivity contribution >= 4 is 63.2 Å². The molecule has 1 aromatic carbocycles. The molecule has 1 aromatic rings. The average Bonchev–Trinajstić information content (AvgIpc) is 2.10. The average molecular weight is 562 g/mol. The molecule has 0 nitrogen and oxygen atoms in total. The van der Waals surface area contributed by atoms with Gasteiger partial charge in [0.1, 0.15) is 0 Å². The van der Waals surface area contributed by atoms with E-state index >= 15 is 0 Å². The minimum atomic E-state index is 0.599. The van der Waals surface area contributed by atoms with Crippen LogP contribution in [0.4, 0.5) is 0 Å². The van der Waals surface area contributed by atoms with Gasteiger partial charge in [0, 0.05) is 0 Å². The van der Waals surface area contributed by atoms with Gasteiger partial charge in [0.05, 0.1) is 1.93 Å². The van der Waals surface area contributed by atoms with Crippen molar-refractivity contribution in [3.8, 4) is 0 Å². The van der Waals surface area contributed by atoms with E-state index in [0.29, 0.717) is 1.93 Å². The Balaban J connectivity index is 0.000000461. The van der Waals surface area contributed by atoms with Gasteiger partial charge in [0.25, 0.3) is 0 Å². The summed E-state index contributed by atoms with van der Waals surface area (Å²) < 4.78 is 0.599. The van der Waals surface area contributed by atoms with Crippen molar-refractivity contribution < 1.29 is 20.5 Å². The topological polar surface area (TPSA) is 0 Å². The number of hydrogen-bond donors (Lipinski definition) is 0. The van der Waals surface area contributed by atoms with Crippen LogP contribution < -0.4 is 0 Å². The van der Waals surface area contributed by atoms with E-state index in [4.69, 9.17) is 0 Å². The Morgan fingerprint density at radius 2 is 1.45 bits per heavy atom. The second-order valence-electron chi connectivity index (χ2n) is 1.71. The third kappa shape index (κ3) is 6.38. The van der Waals surface area contributed by atoms with Gasteiger partial charge >= 0.3 is 38.6 Å². The Bertz CT molecular complexity index is 176. The molecule has 59 valence electrons. The maximum atomic E-state index is 2.39. The van der Waals surface area contributed by atoms with E-state index in [9.17, 15) is 0 Å². The van der Waals surface area contributed by atoms with E-state index in [-0.39, 0.29) is 0 Å². The van der Waals surface area contributed by atoms with Crippen molar-refractivity contribution in [3.05, 3.63) is 35.9 Å². The van der Waals surface area contributed by atoms with Crippen LogP contribution in [0.25, 0.3) is 0 Å². The fourth-order valence-corrected chi connectivity index (χ4v) is 1.43. The molecule has 0 aliphatic heterocycles. The van der Waals surface area contributed by atoms with Crippen molar-refractivity contribution in [1.82, 2.24) is 0 Å². The van der Waals surface area contributed by atoms with Crippen molar-refractivity contribution in [2.24, 2.45) is 0 Å². The third-order valence-electron chi connectivity index (χ3n) is 1.05. The monoisotopic (exact) mass is 561 g/mol. The second-order valence-corrected chi connectivity index (χ2v) is 6.59. The first-order valence-corrected chi connectivity index (χ1v) is 12.6. The predicted molar refractivity (Wildman–Crippen MR) is 71.2 cm³/mol. The molecule has 0 unspecified atom stereocenters. The van der Waals surface area contributed by atoms with Gasteiger partial charge in [-0.1, -0.05) is 75.5 Å². The van der Waals surface area contributed by atoms with E-state index in [1.807, 2.05) is 6.07 Å². The fourth-order valence-electron chi connectivity index (χ4n) is 0.599. The molecule has 0 saturated heterocycles. The molecule has 0 atom stereocenters. The number of alkyl halides is 2. The van der Waals surface area contributed by atoms with Crippen LogP contribution in [-0.4, -0.2) is 0 Å². The molecular weight excluding hydrogens is 556 g/mol. The van der Waals surface area contributed by atoms with Gasteiger partial charge < -0.3 is 0 Å². The first kappa shape index (κ1) is 13.3. The number of rotatable bonds is 1. The van der Waals surface area contributed by atoms with Crippen molar-refractivity contribution in [1.29, 1.82) is 0 Å². The molecule has 0 fully saturated rings. The van der Waals surface area contributed by atoms with Gasteiger partial charge in [-0.3, -0.25) is 0 Å². The van der Waals surface area contributed by atoms with Crippen LogP contribution in [0.5, 0.6) is 0 Å². The summed E-state index contributed by atoms with van der Waals surface area (Å²) in [4.78, 5) is 0. The molecule has 0 radical (unpaired) electrons. The van der Waals surface area contributed by atoms with E-state index in [1.165, 1.54) is 26.1 Å². The molecule has 0 bridgehead atoms. The van der Waals surface area contributed by atoms with Crippen molar-refractivity contribution in [2.45, 2.75) is 1.93 Å². The SMILES string of the molecule is IC(I)c1ccccc1.[Zr][I]. The molecule has 0 spiro atoms. The molecule has 0 amide bonds. The van der Waals surface area contributed by atoms with Crippen LogP contribution in [0.3, 0.4) is 0 Å². The summed E-state index contributed by atoms with van der Waals surface area (Å²) in [5.74, 6) is 0. The van der Waals surface area contributed by atoms with Crippen LogP contribution >= 0.6 is 63.2 Å². The Hall–Kier alpha value is 2.29. The van der Waals surface area contributed by atoms with Gasteiger partial charge in [-0.15, -0.1) is 0 Å². The van der Waals surface area contributed by atoms with Crippen LogP contribution in [0, 0.1) is 0 Å². The first-order chi connectivity index (χ1) is 5.30. The Kier molecular flexibility index (Phi) is 10.7. The standard InChI is InChI=1S/C7H6I2.HI.Zr/c8-7(9)6-4-2-1-3-5-6;;/h1-5,7H;1H;/q;;+1/p-1. The normalized spacial score (nSPS) is 8.64.